The molecule has 3 rings (SSSR count). The first-order valence-corrected chi connectivity index (χ1v) is 9.55. The first-order chi connectivity index (χ1) is 13.0. The Kier molecular flexibility index (Phi) is 6.49. The number of fused-ring (bicyclic) bond motifs is 1. The minimum atomic E-state index is -0.494. The number of rotatable bonds is 7. The Morgan fingerprint density at radius 1 is 1.33 bits per heavy atom. The largest absolute Gasteiger partial charge is 0.488 e. The molecule has 0 radical (unpaired) electrons. The SMILES string of the molecule is CC(CCNC(=O)OCc1ccccc1)Oc1cc2c(I)[nH]nc2cc1F. The van der Waals surface area contributed by atoms with Crippen molar-refractivity contribution in [1.82, 2.24) is 15.5 Å². The summed E-state index contributed by atoms with van der Waals surface area (Å²) in [6, 6.07) is 12.4. The predicted octanol–water partition coefficient (Wildman–Crippen LogP) is 4.39. The molecule has 6 nitrogen and oxygen atoms in total. The summed E-state index contributed by atoms with van der Waals surface area (Å²) >= 11 is 2.10. The zero-order valence-electron chi connectivity index (χ0n) is 14.7. The Balaban J connectivity index is 1.44. The summed E-state index contributed by atoms with van der Waals surface area (Å²) in [5.41, 5.74) is 1.48. The van der Waals surface area contributed by atoms with Gasteiger partial charge >= 0.3 is 6.09 Å². The fourth-order valence-electron chi connectivity index (χ4n) is 2.50. The number of H-pyrrole nitrogens is 1. The van der Waals surface area contributed by atoms with Gasteiger partial charge in [-0.1, -0.05) is 30.3 Å². The molecule has 2 aromatic carbocycles. The number of halogens is 2. The second-order valence-electron chi connectivity index (χ2n) is 6.04. The molecule has 1 aromatic heterocycles. The molecule has 0 aliphatic carbocycles. The molecule has 1 amide bonds. The molecule has 0 saturated carbocycles. The number of nitrogens with one attached hydrogen (secondary N) is 2. The van der Waals surface area contributed by atoms with Crippen molar-refractivity contribution in [1.29, 1.82) is 0 Å². The van der Waals surface area contributed by atoms with Gasteiger partial charge in [-0.15, -0.1) is 0 Å². The van der Waals surface area contributed by atoms with Gasteiger partial charge in [0.25, 0.3) is 0 Å². The van der Waals surface area contributed by atoms with Crippen LogP contribution in [0.5, 0.6) is 5.75 Å². The van der Waals surface area contributed by atoms with Crippen molar-refractivity contribution in [3.8, 4) is 5.75 Å². The average Bonchev–Trinajstić information content (AvgIpc) is 3.01. The summed E-state index contributed by atoms with van der Waals surface area (Å²) in [7, 11) is 0. The van der Waals surface area contributed by atoms with Crippen LogP contribution in [0.15, 0.2) is 42.5 Å². The lowest BCUT2D eigenvalue weighted by molar-refractivity contribution is 0.137. The number of benzene rings is 2. The van der Waals surface area contributed by atoms with E-state index in [1.807, 2.05) is 37.3 Å². The van der Waals surface area contributed by atoms with Gasteiger partial charge in [-0.3, -0.25) is 5.10 Å². The highest BCUT2D eigenvalue weighted by atomic mass is 127. The molecule has 8 heteroatoms. The lowest BCUT2D eigenvalue weighted by atomic mass is 10.2. The number of hydrogen-bond donors (Lipinski definition) is 2. The number of hydrogen-bond acceptors (Lipinski definition) is 4. The van der Waals surface area contributed by atoms with Crippen LogP contribution in [0.1, 0.15) is 18.9 Å². The third kappa shape index (κ3) is 5.31. The van der Waals surface area contributed by atoms with Crippen LogP contribution in [0.3, 0.4) is 0 Å². The van der Waals surface area contributed by atoms with Gasteiger partial charge < -0.3 is 14.8 Å². The molecular weight excluding hydrogens is 464 g/mol. The molecule has 0 spiro atoms. The van der Waals surface area contributed by atoms with Crippen LogP contribution in [0.4, 0.5) is 9.18 Å². The maximum absolute atomic E-state index is 14.1. The quantitative estimate of drug-likeness (QED) is 0.489. The van der Waals surface area contributed by atoms with E-state index in [0.717, 1.165) is 14.7 Å². The van der Waals surface area contributed by atoms with E-state index in [1.54, 1.807) is 6.07 Å². The predicted molar refractivity (Wildman–Crippen MR) is 108 cm³/mol. The van der Waals surface area contributed by atoms with Crippen molar-refractivity contribution >= 4 is 39.6 Å². The number of alkyl carbamates (subject to hydrolysis) is 1. The van der Waals surface area contributed by atoms with E-state index in [0.29, 0.717) is 18.5 Å². The standard InChI is InChI=1S/C19H19FIN3O3/c1-12(7-8-22-19(25)26-11-13-5-3-2-4-6-13)27-17-9-14-16(10-15(17)20)23-24-18(14)21/h2-6,9-10,12H,7-8,11H2,1H3,(H,22,25)(H,23,24). The summed E-state index contributed by atoms with van der Waals surface area (Å²) in [5, 5.41) is 10.3. The summed E-state index contributed by atoms with van der Waals surface area (Å²) in [6.07, 6.45) is -0.261. The van der Waals surface area contributed by atoms with E-state index >= 15 is 0 Å². The van der Waals surface area contributed by atoms with E-state index in [9.17, 15) is 9.18 Å². The minimum Gasteiger partial charge on any atom is -0.488 e. The van der Waals surface area contributed by atoms with Crippen molar-refractivity contribution in [2.75, 3.05) is 6.54 Å². The van der Waals surface area contributed by atoms with Gasteiger partial charge in [-0.05, 0) is 41.1 Å². The second-order valence-corrected chi connectivity index (χ2v) is 7.12. The van der Waals surface area contributed by atoms with Gasteiger partial charge in [-0.2, -0.15) is 5.10 Å². The van der Waals surface area contributed by atoms with Crippen LogP contribution >= 0.6 is 22.6 Å². The molecule has 1 unspecified atom stereocenters. The molecule has 2 N–H and O–H groups in total. The van der Waals surface area contributed by atoms with Gasteiger partial charge in [0.05, 0.1) is 11.6 Å². The molecule has 0 bridgehead atoms. The van der Waals surface area contributed by atoms with Crippen molar-refractivity contribution in [2.24, 2.45) is 0 Å². The lowest BCUT2D eigenvalue weighted by Crippen LogP contribution is -2.28. The number of aromatic nitrogens is 2. The molecule has 1 heterocycles. The van der Waals surface area contributed by atoms with Gasteiger partial charge in [0.15, 0.2) is 11.6 Å². The monoisotopic (exact) mass is 483 g/mol. The molecule has 0 fully saturated rings. The molecule has 3 aromatic rings. The fourth-order valence-corrected chi connectivity index (χ4v) is 3.05. The fraction of sp³-hybridized carbons (Fsp3) is 0.263. The van der Waals surface area contributed by atoms with Gasteiger partial charge in [0, 0.05) is 24.4 Å². The Bertz CT molecular complexity index is 917. The highest BCUT2D eigenvalue weighted by molar-refractivity contribution is 14.1. The molecule has 1 atom stereocenters. The first kappa shape index (κ1) is 19.4. The summed E-state index contributed by atoms with van der Waals surface area (Å²) in [5.74, 6) is -0.298. The van der Waals surface area contributed by atoms with E-state index in [1.165, 1.54) is 6.07 Å². The smallest absolute Gasteiger partial charge is 0.407 e. The summed E-state index contributed by atoms with van der Waals surface area (Å²) in [6.45, 7) is 2.40. The highest BCUT2D eigenvalue weighted by Gasteiger charge is 2.13. The normalized spacial score (nSPS) is 12.0. The molecule has 27 heavy (non-hydrogen) atoms. The van der Waals surface area contributed by atoms with Crippen LogP contribution in [0.25, 0.3) is 10.9 Å². The number of ether oxygens (including phenoxy) is 2. The van der Waals surface area contributed by atoms with E-state index < -0.39 is 11.9 Å². The maximum atomic E-state index is 14.1. The van der Waals surface area contributed by atoms with Gasteiger partial charge in [0.2, 0.25) is 0 Å². The molecule has 0 aliphatic heterocycles. The van der Waals surface area contributed by atoms with Crippen LogP contribution in [0.2, 0.25) is 0 Å². The van der Waals surface area contributed by atoms with Crippen molar-refractivity contribution in [3.63, 3.8) is 0 Å². The third-order valence-electron chi connectivity index (χ3n) is 3.92. The van der Waals surface area contributed by atoms with E-state index in [4.69, 9.17) is 9.47 Å². The summed E-state index contributed by atoms with van der Waals surface area (Å²) in [4.78, 5) is 11.7. The number of carbonyl (C=O) groups excluding carboxylic acids is 1. The zero-order valence-corrected chi connectivity index (χ0v) is 16.8. The first-order valence-electron chi connectivity index (χ1n) is 8.47. The van der Waals surface area contributed by atoms with Gasteiger partial charge in [0.1, 0.15) is 10.3 Å². The van der Waals surface area contributed by atoms with Crippen LogP contribution < -0.4 is 10.1 Å². The average molecular weight is 483 g/mol. The number of carbonyl (C=O) groups is 1. The maximum Gasteiger partial charge on any atom is 0.407 e. The lowest BCUT2D eigenvalue weighted by Gasteiger charge is -2.15. The van der Waals surface area contributed by atoms with Crippen molar-refractivity contribution in [3.05, 3.63) is 57.5 Å². The Morgan fingerprint density at radius 2 is 2.11 bits per heavy atom. The molecule has 0 saturated heterocycles. The Hall–Kier alpha value is -2.36. The number of amides is 1. The minimum absolute atomic E-state index is 0.168. The van der Waals surface area contributed by atoms with E-state index in [-0.39, 0.29) is 18.5 Å². The second kappa shape index (κ2) is 9.03. The number of nitrogens with zero attached hydrogens (tertiary/aromatic N) is 1. The van der Waals surface area contributed by atoms with Crippen molar-refractivity contribution in [2.45, 2.75) is 26.1 Å². The topological polar surface area (TPSA) is 76.2 Å². The van der Waals surface area contributed by atoms with E-state index in [2.05, 4.69) is 38.1 Å². The molecule has 0 aliphatic rings. The highest BCUT2D eigenvalue weighted by Crippen LogP contribution is 2.27. The molecule has 142 valence electrons. The Labute approximate surface area is 169 Å². The van der Waals surface area contributed by atoms with Crippen LogP contribution in [-0.2, 0) is 11.3 Å². The van der Waals surface area contributed by atoms with Crippen LogP contribution in [-0.4, -0.2) is 28.9 Å². The van der Waals surface area contributed by atoms with Crippen LogP contribution in [0, 0.1) is 9.52 Å². The molecular formula is C19H19FIN3O3. The Morgan fingerprint density at radius 3 is 2.89 bits per heavy atom. The zero-order chi connectivity index (χ0) is 19.2. The van der Waals surface area contributed by atoms with Crippen molar-refractivity contribution < 1.29 is 18.7 Å². The number of aromatic amines is 1. The third-order valence-corrected chi connectivity index (χ3v) is 4.74. The summed E-state index contributed by atoms with van der Waals surface area (Å²) < 4.78 is 25.8. The van der Waals surface area contributed by atoms with Gasteiger partial charge in [-0.25, -0.2) is 9.18 Å².